The predicted octanol–water partition coefficient (Wildman–Crippen LogP) is -0.823. The van der Waals surface area contributed by atoms with Crippen molar-refractivity contribution in [2.75, 3.05) is 34.2 Å². The van der Waals surface area contributed by atoms with E-state index in [1.807, 2.05) is 25.9 Å². The molecule has 0 fully saturated rings. The fraction of sp³-hybridized carbons (Fsp3) is 0.889. The van der Waals surface area contributed by atoms with E-state index in [2.05, 4.69) is 4.72 Å². The van der Waals surface area contributed by atoms with Crippen LogP contribution in [-0.2, 0) is 15.0 Å². The van der Waals surface area contributed by atoms with Crippen LogP contribution in [0.15, 0.2) is 0 Å². The van der Waals surface area contributed by atoms with E-state index in [9.17, 15) is 13.2 Å². The highest BCUT2D eigenvalue weighted by molar-refractivity contribution is 7.87. The van der Waals surface area contributed by atoms with E-state index < -0.39 is 16.2 Å². The van der Waals surface area contributed by atoms with E-state index in [4.69, 9.17) is 5.11 Å². The maximum Gasteiger partial charge on any atom is 0.304 e. The molecule has 2 N–H and O–H groups in total. The molecule has 0 saturated heterocycles. The van der Waals surface area contributed by atoms with E-state index >= 15 is 0 Å². The second-order valence-electron chi connectivity index (χ2n) is 4.13. The van der Waals surface area contributed by atoms with Crippen molar-refractivity contribution in [3.05, 3.63) is 0 Å². The molecular weight excluding hydrogens is 246 g/mol. The lowest BCUT2D eigenvalue weighted by Gasteiger charge is -2.22. The second kappa shape index (κ2) is 6.90. The van der Waals surface area contributed by atoms with Crippen molar-refractivity contribution < 1.29 is 18.3 Å². The summed E-state index contributed by atoms with van der Waals surface area (Å²) in [5.41, 5.74) is 0. The number of hydrogen-bond donors (Lipinski definition) is 2. The van der Waals surface area contributed by atoms with Gasteiger partial charge in [-0.2, -0.15) is 12.7 Å². The molecule has 0 aromatic heterocycles. The molecule has 0 spiro atoms. The Hall–Kier alpha value is -0.700. The van der Waals surface area contributed by atoms with Gasteiger partial charge >= 0.3 is 5.97 Å². The summed E-state index contributed by atoms with van der Waals surface area (Å²) in [5, 5.41) is 8.47. The van der Waals surface area contributed by atoms with Crippen molar-refractivity contribution >= 4 is 16.2 Å². The van der Waals surface area contributed by atoms with Crippen LogP contribution in [-0.4, -0.2) is 69.0 Å². The highest BCUT2D eigenvalue weighted by Gasteiger charge is 2.19. The van der Waals surface area contributed by atoms with Gasteiger partial charge in [-0.1, -0.05) is 0 Å². The molecule has 0 bridgehead atoms. The molecule has 8 heteroatoms. The highest BCUT2D eigenvalue weighted by atomic mass is 32.2. The van der Waals surface area contributed by atoms with Gasteiger partial charge in [-0.15, -0.1) is 0 Å². The number of likely N-dealkylation sites (N-methyl/N-ethyl adjacent to an activating group) is 1. The lowest BCUT2D eigenvalue weighted by Crippen LogP contribution is -2.44. The summed E-state index contributed by atoms with van der Waals surface area (Å²) in [6, 6.07) is 0.0673. The summed E-state index contributed by atoms with van der Waals surface area (Å²) < 4.78 is 26.8. The summed E-state index contributed by atoms with van der Waals surface area (Å²) >= 11 is 0. The van der Waals surface area contributed by atoms with Crippen LogP contribution in [0, 0.1) is 0 Å². The van der Waals surface area contributed by atoms with Crippen molar-refractivity contribution in [1.29, 1.82) is 0 Å². The Morgan fingerprint density at radius 3 is 2.29 bits per heavy atom. The molecule has 0 aliphatic heterocycles. The van der Waals surface area contributed by atoms with Gasteiger partial charge < -0.3 is 10.0 Å². The average Bonchev–Trinajstić information content (AvgIpc) is 2.22. The molecule has 0 saturated carbocycles. The molecule has 0 aliphatic rings. The van der Waals surface area contributed by atoms with Crippen LogP contribution in [0.4, 0.5) is 0 Å². The second-order valence-corrected chi connectivity index (χ2v) is 5.99. The lowest BCUT2D eigenvalue weighted by molar-refractivity contribution is -0.137. The first-order valence-corrected chi connectivity index (χ1v) is 6.70. The van der Waals surface area contributed by atoms with Crippen LogP contribution in [0.1, 0.15) is 13.3 Å². The number of nitrogens with one attached hydrogen (secondary N) is 1. The molecule has 0 aromatic carbocycles. The van der Waals surface area contributed by atoms with Crippen LogP contribution in [0.2, 0.25) is 0 Å². The Morgan fingerprint density at radius 1 is 1.35 bits per heavy atom. The topological polar surface area (TPSA) is 90.0 Å². The first-order valence-electron chi connectivity index (χ1n) is 5.26. The Morgan fingerprint density at radius 2 is 1.88 bits per heavy atom. The van der Waals surface area contributed by atoms with Crippen molar-refractivity contribution in [3.8, 4) is 0 Å². The molecule has 17 heavy (non-hydrogen) atoms. The molecule has 0 heterocycles. The summed E-state index contributed by atoms with van der Waals surface area (Å²) in [5.74, 6) is -1.02. The van der Waals surface area contributed by atoms with Gasteiger partial charge in [0.25, 0.3) is 10.2 Å². The van der Waals surface area contributed by atoms with Gasteiger partial charge in [0, 0.05) is 26.2 Å². The van der Waals surface area contributed by atoms with Gasteiger partial charge in [0.15, 0.2) is 0 Å². The van der Waals surface area contributed by atoms with Crippen LogP contribution in [0.3, 0.4) is 0 Å². The zero-order chi connectivity index (χ0) is 13.6. The SMILES string of the molecule is CC(CNS(=O)(=O)N(C)CCC(=O)O)N(C)C. The number of rotatable bonds is 8. The maximum atomic E-state index is 11.7. The van der Waals surface area contributed by atoms with Gasteiger partial charge in [-0.25, -0.2) is 4.72 Å². The van der Waals surface area contributed by atoms with Crippen LogP contribution in [0.25, 0.3) is 0 Å². The summed E-state index contributed by atoms with van der Waals surface area (Å²) in [6.07, 6.45) is -0.208. The van der Waals surface area contributed by atoms with Gasteiger partial charge in [0.05, 0.1) is 6.42 Å². The van der Waals surface area contributed by atoms with Gasteiger partial charge in [0.2, 0.25) is 0 Å². The molecule has 0 radical (unpaired) electrons. The number of carbonyl (C=O) groups is 1. The number of carboxylic acid groups (broad SMARTS) is 1. The average molecular weight is 267 g/mol. The monoisotopic (exact) mass is 267 g/mol. The molecule has 0 aliphatic carbocycles. The lowest BCUT2D eigenvalue weighted by atomic mass is 10.3. The molecule has 0 aromatic rings. The summed E-state index contributed by atoms with van der Waals surface area (Å²) in [6.45, 7) is 2.13. The third-order valence-electron chi connectivity index (χ3n) is 2.49. The standard InChI is InChI=1S/C9H21N3O4S/c1-8(11(2)3)7-10-17(15,16)12(4)6-5-9(13)14/h8,10H,5-7H2,1-4H3,(H,13,14). The fourth-order valence-electron chi connectivity index (χ4n) is 0.892. The van der Waals surface area contributed by atoms with Crippen molar-refractivity contribution in [1.82, 2.24) is 13.9 Å². The van der Waals surface area contributed by atoms with Crippen molar-refractivity contribution in [2.24, 2.45) is 0 Å². The zero-order valence-electron chi connectivity index (χ0n) is 10.7. The van der Waals surface area contributed by atoms with E-state index in [0.717, 1.165) is 4.31 Å². The van der Waals surface area contributed by atoms with E-state index in [0.29, 0.717) is 0 Å². The zero-order valence-corrected chi connectivity index (χ0v) is 11.5. The maximum absolute atomic E-state index is 11.7. The molecule has 7 nitrogen and oxygen atoms in total. The Bertz CT molecular complexity index is 342. The molecule has 102 valence electrons. The minimum atomic E-state index is -3.59. The molecular formula is C9H21N3O4S. The van der Waals surface area contributed by atoms with Crippen molar-refractivity contribution in [2.45, 2.75) is 19.4 Å². The third-order valence-corrected chi connectivity index (χ3v) is 4.03. The van der Waals surface area contributed by atoms with Gasteiger partial charge in [-0.05, 0) is 21.0 Å². The van der Waals surface area contributed by atoms with E-state index in [1.54, 1.807) is 0 Å². The third kappa shape index (κ3) is 6.57. The summed E-state index contributed by atoms with van der Waals surface area (Å²) in [7, 11) is 1.47. The Balaban J connectivity index is 4.23. The molecule has 0 amide bonds. The van der Waals surface area contributed by atoms with Gasteiger partial charge in [0.1, 0.15) is 0 Å². The predicted molar refractivity (Wildman–Crippen MR) is 65.0 cm³/mol. The Labute approximate surface area is 103 Å². The Kier molecular flexibility index (Phi) is 6.61. The van der Waals surface area contributed by atoms with E-state index in [1.165, 1.54) is 7.05 Å². The van der Waals surface area contributed by atoms with Crippen LogP contribution in [0.5, 0.6) is 0 Å². The first-order chi connectivity index (χ1) is 7.66. The van der Waals surface area contributed by atoms with Gasteiger partial charge in [-0.3, -0.25) is 4.79 Å². The molecule has 1 unspecified atom stereocenters. The van der Waals surface area contributed by atoms with E-state index in [-0.39, 0.29) is 25.6 Å². The quantitative estimate of drug-likeness (QED) is 0.599. The highest BCUT2D eigenvalue weighted by Crippen LogP contribution is 1.97. The summed E-state index contributed by atoms with van der Waals surface area (Å²) in [4.78, 5) is 12.2. The number of nitrogens with zero attached hydrogens (tertiary/aromatic N) is 2. The number of aliphatic carboxylic acids is 1. The van der Waals surface area contributed by atoms with Crippen molar-refractivity contribution in [3.63, 3.8) is 0 Å². The fourth-order valence-corrected chi connectivity index (χ4v) is 1.90. The first kappa shape index (κ1) is 16.3. The van der Waals surface area contributed by atoms with Crippen LogP contribution >= 0.6 is 0 Å². The molecule has 0 rings (SSSR count). The number of carboxylic acids is 1. The molecule has 1 atom stereocenters. The smallest absolute Gasteiger partial charge is 0.304 e. The largest absolute Gasteiger partial charge is 0.481 e. The van der Waals surface area contributed by atoms with Crippen LogP contribution < -0.4 is 4.72 Å². The normalized spacial score (nSPS) is 14.2. The minimum Gasteiger partial charge on any atom is -0.481 e. The number of hydrogen-bond acceptors (Lipinski definition) is 4. The minimum absolute atomic E-state index is 0.0407.